The van der Waals surface area contributed by atoms with Gasteiger partial charge in [0.15, 0.2) is 0 Å². The van der Waals surface area contributed by atoms with Crippen LogP contribution in [0.4, 0.5) is 0 Å². The standard InChI is InChI=1S/C16H19ClN4O/c17-15-9-19-21(11-15)12-16(22)20-6-2-4-14(10-20)7-13-3-1-5-18-8-13/h1,3,5,8-9,11,14H,2,4,6-7,10,12H2. The summed E-state index contributed by atoms with van der Waals surface area (Å²) >= 11 is 5.83. The maximum absolute atomic E-state index is 12.4. The summed E-state index contributed by atoms with van der Waals surface area (Å²) in [6.45, 7) is 1.90. The summed E-state index contributed by atoms with van der Waals surface area (Å²) in [7, 11) is 0. The molecule has 1 aliphatic heterocycles. The van der Waals surface area contributed by atoms with Gasteiger partial charge in [0.25, 0.3) is 0 Å². The molecule has 116 valence electrons. The van der Waals surface area contributed by atoms with Crippen LogP contribution in [0.1, 0.15) is 18.4 Å². The number of pyridine rings is 1. The van der Waals surface area contributed by atoms with Crippen molar-refractivity contribution in [2.24, 2.45) is 5.92 Å². The Bertz CT molecular complexity index is 628. The molecule has 3 rings (SSSR count). The Kier molecular flexibility index (Phi) is 4.73. The number of aromatic nitrogens is 3. The Labute approximate surface area is 134 Å². The lowest BCUT2D eigenvalue weighted by atomic mass is 9.92. The number of piperidine rings is 1. The first-order chi connectivity index (χ1) is 10.7. The van der Waals surface area contributed by atoms with Gasteiger partial charge in [-0.3, -0.25) is 14.5 Å². The summed E-state index contributed by atoms with van der Waals surface area (Å²) < 4.78 is 1.59. The van der Waals surface area contributed by atoms with E-state index in [1.165, 1.54) is 5.56 Å². The van der Waals surface area contributed by atoms with E-state index in [0.717, 1.165) is 32.4 Å². The van der Waals surface area contributed by atoms with Gasteiger partial charge >= 0.3 is 0 Å². The van der Waals surface area contributed by atoms with Crippen molar-refractivity contribution in [1.82, 2.24) is 19.7 Å². The fraction of sp³-hybridized carbons (Fsp3) is 0.438. The van der Waals surface area contributed by atoms with Gasteiger partial charge in [-0.15, -0.1) is 0 Å². The molecule has 0 spiro atoms. The Morgan fingerprint density at radius 3 is 3.05 bits per heavy atom. The number of hydrogen-bond donors (Lipinski definition) is 0. The lowest BCUT2D eigenvalue weighted by molar-refractivity contribution is -0.133. The van der Waals surface area contributed by atoms with Gasteiger partial charge in [-0.05, 0) is 36.8 Å². The molecule has 1 saturated heterocycles. The van der Waals surface area contributed by atoms with Crippen LogP contribution in [0, 0.1) is 5.92 Å². The Morgan fingerprint density at radius 2 is 2.32 bits per heavy atom. The molecule has 2 aromatic rings. The lowest BCUT2D eigenvalue weighted by Crippen LogP contribution is -2.42. The smallest absolute Gasteiger partial charge is 0.244 e. The van der Waals surface area contributed by atoms with Gasteiger partial charge < -0.3 is 4.90 Å². The van der Waals surface area contributed by atoms with Crippen molar-refractivity contribution < 1.29 is 4.79 Å². The van der Waals surface area contributed by atoms with Crippen molar-refractivity contribution in [3.63, 3.8) is 0 Å². The molecule has 0 radical (unpaired) electrons. The van der Waals surface area contributed by atoms with Crippen molar-refractivity contribution in [2.45, 2.75) is 25.8 Å². The van der Waals surface area contributed by atoms with Crippen LogP contribution in [-0.2, 0) is 17.8 Å². The predicted octanol–water partition coefficient (Wildman–Crippen LogP) is 2.41. The Morgan fingerprint density at radius 1 is 1.41 bits per heavy atom. The molecule has 0 bridgehead atoms. The number of carbonyl (C=O) groups is 1. The van der Waals surface area contributed by atoms with Crippen LogP contribution in [0.2, 0.25) is 5.02 Å². The maximum atomic E-state index is 12.4. The molecule has 3 heterocycles. The second-order valence-electron chi connectivity index (χ2n) is 5.77. The second kappa shape index (κ2) is 6.92. The highest BCUT2D eigenvalue weighted by atomic mass is 35.5. The molecule has 1 fully saturated rings. The van der Waals surface area contributed by atoms with Crippen LogP contribution in [0.15, 0.2) is 36.9 Å². The monoisotopic (exact) mass is 318 g/mol. The zero-order valence-corrected chi connectivity index (χ0v) is 13.1. The highest BCUT2D eigenvalue weighted by Crippen LogP contribution is 2.21. The zero-order chi connectivity index (χ0) is 15.4. The first kappa shape index (κ1) is 15.0. The summed E-state index contributed by atoms with van der Waals surface area (Å²) in [5.41, 5.74) is 1.24. The van der Waals surface area contributed by atoms with Crippen molar-refractivity contribution in [3.8, 4) is 0 Å². The third-order valence-corrected chi connectivity index (χ3v) is 4.21. The minimum absolute atomic E-state index is 0.107. The predicted molar refractivity (Wildman–Crippen MR) is 84.5 cm³/mol. The van der Waals surface area contributed by atoms with E-state index >= 15 is 0 Å². The lowest BCUT2D eigenvalue weighted by Gasteiger charge is -2.33. The molecular formula is C16H19ClN4O. The molecule has 22 heavy (non-hydrogen) atoms. The number of halogens is 1. The average Bonchev–Trinajstić information content (AvgIpc) is 2.93. The molecule has 5 nitrogen and oxygen atoms in total. The first-order valence-electron chi connectivity index (χ1n) is 7.55. The quantitative estimate of drug-likeness (QED) is 0.870. The zero-order valence-electron chi connectivity index (χ0n) is 12.4. The second-order valence-corrected chi connectivity index (χ2v) is 6.21. The van der Waals surface area contributed by atoms with Gasteiger partial charge in [-0.2, -0.15) is 5.10 Å². The van der Waals surface area contributed by atoms with Crippen LogP contribution >= 0.6 is 11.6 Å². The van der Waals surface area contributed by atoms with Crippen LogP contribution in [0.25, 0.3) is 0 Å². The van der Waals surface area contributed by atoms with Crippen molar-refractivity contribution in [2.75, 3.05) is 13.1 Å². The topological polar surface area (TPSA) is 51.0 Å². The van der Waals surface area contributed by atoms with E-state index < -0.39 is 0 Å². The summed E-state index contributed by atoms with van der Waals surface area (Å²) in [4.78, 5) is 18.5. The van der Waals surface area contributed by atoms with Gasteiger partial charge in [0.1, 0.15) is 6.54 Å². The summed E-state index contributed by atoms with van der Waals surface area (Å²) in [5, 5.41) is 4.62. The summed E-state index contributed by atoms with van der Waals surface area (Å²) in [6.07, 6.45) is 10.1. The minimum atomic E-state index is 0.107. The Hall–Kier alpha value is -1.88. The van der Waals surface area contributed by atoms with E-state index in [4.69, 9.17) is 11.6 Å². The minimum Gasteiger partial charge on any atom is -0.341 e. The van der Waals surface area contributed by atoms with Crippen LogP contribution in [0.5, 0.6) is 0 Å². The fourth-order valence-electron chi connectivity index (χ4n) is 2.97. The molecule has 1 aliphatic rings. The molecule has 0 aliphatic carbocycles. The first-order valence-corrected chi connectivity index (χ1v) is 7.93. The highest BCUT2D eigenvalue weighted by molar-refractivity contribution is 6.30. The van der Waals surface area contributed by atoms with E-state index in [1.54, 1.807) is 23.3 Å². The molecule has 1 atom stereocenters. The highest BCUT2D eigenvalue weighted by Gasteiger charge is 2.24. The largest absolute Gasteiger partial charge is 0.341 e. The Balaban J connectivity index is 1.57. The summed E-state index contributed by atoms with van der Waals surface area (Å²) in [5.74, 6) is 0.610. The van der Waals surface area contributed by atoms with Crippen LogP contribution in [-0.4, -0.2) is 38.7 Å². The molecule has 0 aromatic carbocycles. The van der Waals surface area contributed by atoms with Gasteiger partial charge in [0, 0.05) is 31.7 Å². The normalized spacial score (nSPS) is 18.4. The van der Waals surface area contributed by atoms with E-state index in [-0.39, 0.29) is 12.5 Å². The number of amides is 1. The molecular weight excluding hydrogens is 300 g/mol. The molecule has 6 heteroatoms. The summed E-state index contributed by atoms with van der Waals surface area (Å²) in [6, 6.07) is 4.06. The molecule has 1 unspecified atom stereocenters. The third-order valence-electron chi connectivity index (χ3n) is 4.02. The van der Waals surface area contributed by atoms with Gasteiger partial charge in [0.05, 0.1) is 11.2 Å². The van der Waals surface area contributed by atoms with Gasteiger partial charge in [-0.25, -0.2) is 0 Å². The molecule has 0 saturated carbocycles. The van der Waals surface area contributed by atoms with E-state index in [9.17, 15) is 4.79 Å². The number of carbonyl (C=O) groups excluding carboxylic acids is 1. The molecule has 1 amide bonds. The number of rotatable bonds is 4. The van der Waals surface area contributed by atoms with Crippen molar-refractivity contribution in [3.05, 3.63) is 47.5 Å². The average molecular weight is 319 g/mol. The molecule has 0 N–H and O–H groups in total. The van der Waals surface area contributed by atoms with E-state index in [0.29, 0.717) is 10.9 Å². The number of likely N-dealkylation sites (tertiary alicyclic amines) is 1. The van der Waals surface area contributed by atoms with E-state index in [1.807, 2.05) is 17.2 Å². The van der Waals surface area contributed by atoms with Gasteiger partial charge in [0.2, 0.25) is 5.91 Å². The van der Waals surface area contributed by atoms with Crippen LogP contribution < -0.4 is 0 Å². The third kappa shape index (κ3) is 3.85. The fourth-order valence-corrected chi connectivity index (χ4v) is 3.13. The van der Waals surface area contributed by atoms with Crippen LogP contribution in [0.3, 0.4) is 0 Å². The van der Waals surface area contributed by atoms with Crippen molar-refractivity contribution in [1.29, 1.82) is 0 Å². The number of hydrogen-bond acceptors (Lipinski definition) is 3. The van der Waals surface area contributed by atoms with Gasteiger partial charge in [-0.1, -0.05) is 17.7 Å². The molecule has 2 aromatic heterocycles. The van der Waals surface area contributed by atoms with Crippen molar-refractivity contribution >= 4 is 17.5 Å². The van der Waals surface area contributed by atoms with E-state index in [2.05, 4.69) is 16.1 Å². The maximum Gasteiger partial charge on any atom is 0.244 e. The number of nitrogens with zero attached hydrogens (tertiary/aromatic N) is 4. The SMILES string of the molecule is O=C(Cn1cc(Cl)cn1)N1CCCC(Cc2cccnc2)C1.